The van der Waals surface area contributed by atoms with E-state index in [-0.39, 0.29) is 18.4 Å². The predicted molar refractivity (Wildman–Crippen MR) is 160 cm³/mol. The van der Waals surface area contributed by atoms with Crippen molar-refractivity contribution >= 4 is 17.5 Å². The molecule has 7 nitrogen and oxygen atoms in total. The standard InChI is InChI=1S/C32H37ClF2N6O/c1-20-11-27(38-39(20)5)31(42)41(18-21-9-10-36-16-21)29(32(2,3)4)30-37-28(23-7-6-8-24(33)14-23)19-40(30)17-22-12-25(34)15-26(35)13-22/h6-8,11-15,19,21,29,36H,9-10,16-18H2,1-5H3/t21-,29+/m1/s1. The van der Waals surface area contributed by atoms with Crippen LogP contribution in [0.5, 0.6) is 0 Å². The lowest BCUT2D eigenvalue weighted by Crippen LogP contribution is -2.45. The Kier molecular flexibility index (Phi) is 8.53. The van der Waals surface area contributed by atoms with Gasteiger partial charge in [0.15, 0.2) is 5.69 Å². The second-order valence-corrected chi connectivity index (χ2v) is 12.7. The molecule has 222 valence electrons. The predicted octanol–water partition coefficient (Wildman–Crippen LogP) is 6.41. The lowest BCUT2D eigenvalue weighted by Gasteiger charge is -2.40. The smallest absolute Gasteiger partial charge is 0.275 e. The van der Waals surface area contributed by atoms with Crippen molar-refractivity contribution in [3.63, 3.8) is 0 Å². The zero-order valence-corrected chi connectivity index (χ0v) is 25.4. The van der Waals surface area contributed by atoms with Crippen molar-refractivity contribution in [3.05, 3.63) is 94.2 Å². The maximum atomic E-state index is 14.3. The first-order chi connectivity index (χ1) is 19.9. The van der Waals surface area contributed by atoms with E-state index in [0.29, 0.717) is 34.3 Å². The number of amides is 1. The van der Waals surface area contributed by atoms with Crippen LogP contribution in [0.25, 0.3) is 11.3 Å². The summed E-state index contributed by atoms with van der Waals surface area (Å²) in [5.41, 5.74) is 2.70. The van der Waals surface area contributed by atoms with Gasteiger partial charge in [0, 0.05) is 48.7 Å². The molecule has 1 fully saturated rings. The lowest BCUT2D eigenvalue weighted by atomic mass is 9.84. The van der Waals surface area contributed by atoms with Gasteiger partial charge in [0.1, 0.15) is 17.5 Å². The molecule has 10 heteroatoms. The van der Waals surface area contributed by atoms with E-state index in [9.17, 15) is 13.6 Å². The Balaban J connectivity index is 1.67. The molecule has 0 aliphatic carbocycles. The number of halogens is 3. The van der Waals surface area contributed by atoms with Crippen LogP contribution in [0.1, 0.15) is 60.8 Å². The number of hydrogen-bond donors (Lipinski definition) is 1. The zero-order valence-electron chi connectivity index (χ0n) is 24.7. The van der Waals surface area contributed by atoms with Crippen molar-refractivity contribution in [3.8, 4) is 11.3 Å². The summed E-state index contributed by atoms with van der Waals surface area (Å²) in [6.07, 6.45) is 2.82. The zero-order chi connectivity index (χ0) is 30.2. The number of carbonyl (C=O) groups excluding carboxylic acids is 1. The van der Waals surface area contributed by atoms with Crippen LogP contribution in [-0.4, -0.2) is 49.8 Å². The average molecular weight is 595 g/mol. The van der Waals surface area contributed by atoms with Crippen molar-refractivity contribution in [1.29, 1.82) is 0 Å². The second kappa shape index (κ2) is 12.0. The normalized spacial score (nSPS) is 16.1. The minimum absolute atomic E-state index is 0.167. The molecule has 1 N–H and O–H groups in total. The van der Waals surface area contributed by atoms with E-state index in [1.165, 1.54) is 12.1 Å². The molecule has 1 aliphatic heterocycles. The van der Waals surface area contributed by atoms with Crippen LogP contribution in [0.3, 0.4) is 0 Å². The molecule has 0 unspecified atom stereocenters. The van der Waals surface area contributed by atoms with Crippen LogP contribution in [0.15, 0.2) is 54.7 Å². The van der Waals surface area contributed by atoms with E-state index in [1.54, 1.807) is 16.8 Å². The van der Waals surface area contributed by atoms with Crippen LogP contribution in [0, 0.1) is 29.9 Å². The van der Waals surface area contributed by atoms with Gasteiger partial charge < -0.3 is 14.8 Å². The maximum absolute atomic E-state index is 14.3. The first-order valence-electron chi connectivity index (χ1n) is 14.2. The fraction of sp³-hybridized carbons (Fsp3) is 0.406. The van der Waals surface area contributed by atoms with Gasteiger partial charge >= 0.3 is 0 Å². The molecule has 42 heavy (non-hydrogen) atoms. The largest absolute Gasteiger partial charge is 0.328 e. The first kappa shape index (κ1) is 29.9. The Morgan fingerprint density at radius 2 is 1.90 bits per heavy atom. The van der Waals surface area contributed by atoms with E-state index in [0.717, 1.165) is 36.8 Å². The summed E-state index contributed by atoms with van der Waals surface area (Å²) < 4.78 is 32.1. The van der Waals surface area contributed by atoms with Crippen LogP contribution in [0.4, 0.5) is 8.78 Å². The number of carbonyl (C=O) groups is 1. The third-order valence-corrected chi connectivity index (χ3v) is 8.03. The second-order valence-electron chi connectivity index (χ2n) is 12.3. The Hall–Kier alpha value is -3.56. The molecular formula is C32H37ClF2N6O. The van der Waals surface area contributed by atoms with Gasteiger partial charge in [0.05, 0.1) is 11.7 Å². The number of imidazole rings is 1. The van der Waals surface area contributed by atoms with Gasteiger partial charge in [-0.25, -0.2) is 13.8 Å². The topological polar surface area (TPSA) is 68.0 Å². The summed E-state index contributed by atoms with van der Waals surface area (Å²) in [6, 6.07) is 12.2. The van der Waals surface area contributed by atoms with E-state index in [2.05, 4.69) is 31.2 Å². The van der Waals surface area contributed by atoms with E-state index in [1.807, 2.05) is 47.8 Å². The van der Waals surface area contributed by atoms with Crippen LogP contribution in [-0.2, 0) is 13.6 Å². The van der Waals surface area contributed by atoms with Gasteiger partial charge in [-0.3, -0.25) is 9.48 Å². The molecule has 1 aliphatic rings. The quantitative estimate of drug-likeness (QED) is 0.256. The summed E-state index contributed by atoms with van der Waals surface area (Å²) in [5, 5.41) is 8.50. The molecule has 2 atom stereocenters. The van der Waals surface area contributed by atoms with Gasteiger partial charge in [-0.1, -0.05) is 44.5 Å². The first-order valence-corrected chi connectivity index (χ1v) is 14.6. The SMILES string of the molecule is Cc1cc(C(=O)N(C[C@@H]2CCNC2)[C@@H](c2nc(-c3cccc(Cl)c3)cn2Cc2cc(F)cc(F)c2)C(C)(C)C)nn1C. The number of benzene rings is 2. The number of nitrogens with zero attached hydrogens (tertiary/aromatic N) is 5. The van der Waals surface area contributed by atoms with Gasteiger partial charge in [-0.15, -0.1) is 0 Å². The Morgan fingerprint density at radius 3 is 2.50 bits per heavy atom. The fourth-order valence-corrected chi connectivity index (χ4v) is 5.91. The minimum Gasteiger partial charge on any atom is -0.328 e. The molecule has 1 saturated heterocycles. The number of aryl methyl sites for hydroxylation is 2. The van der Waals surface area contributed by atoms with E-state index in [4.69, 9.17) is 16.6 Å². The number of nitrogens with one attached hydrogen (secondary N) is 1. The molecule has 0 spiro atoms. The summed E-state index contributed by atoms with van der Waals surface area (Å²) in [5.74, 6) is -0.595. The van der Waals surface area contributed by atoms with E-state index < -0.39 is 23.1 Å². The van der Waals surface area contributed by atoms with Gasteiger partial charge in [-0.2, -0.15) is 5.10 Å². The van der Waals surface area contributed by atoms with Gasteiger partial charge in [0.2, 0.25) is 0 Å². The minimum atomic E-state index is -0.648. The highest BCUT2D eigenvalue weighted by Crippen LogP contribution is 2.40. The van der Waals surface area contributed by atoms with Crippen LogP contribution >= 0.6 is 11.6 Å². The number of rotatable bonds is 8. The molecule has 2 aromatic heterocycles. The van der Waals surface area contributed by atoms with Crippen LogP contribution in [0.2, 0.25) is 5.02 Å². The third-order valence-electron chi connectivity index (χ3n) is 7.79. The molecule has 1 amide bonds. The third kappa shape index (κ3) is 6.57. The molecule has 0 saturated carbocycles. The van der Waals surface area contributed by atoms with Crippen molar-refractivity contribution in [1.82, 2.24) is 29.5 Å². The van der Waals surface area contributed by atoms with Crippen LogP contribution < -0.4 is 5.32 Å². The molecule has 0 radical (unpaired) electrons. The number of aromatic nitrogens is 4. The van der Waals surface area contributed by atoms with Crippen molar-refractivity contribution in [2.24, 2.45) is 18.4 Å². The number of hydrogen-bond acceptors (Lipinski definition) is 4. The summed E-state index contributed by atoms with van der Waals surface area (Å²) in [7, 11) is 1.82. The highest BCUT2D eigenvalue weighted by atomic mass is 35.5. The molecule has 2 aromatic carbocycles. The van der Waals surface area contributed by atoms with E-state index >= 15 is 0 Å². The Morgan fingerprint density at radius 1 is 1.17 bits per heavy atom. The molecular weight excluding hydrogens is 558 g/mol. The van der Waals surface area contributed by atoms with Crippen molar-refractivity contribution in [2.75, 3.05) is 19.6 Å². The highest BCUT2D eigenvalue weighted by molar-refractivity contribution is 6.30. The molecule has 3 heterocycles. The lowest BCUT2D eigenvalue weighted by molar-refractivity contribution is 0.0431. The highest BCUT2D eigenvalue weighted by Gasteiger charge is 2.40. The van der Waals surface area contributed by atoms with Gasteiger partial charge in [0.25, 0.3) is 5.91 Å². The molecule has 4 aromatic rings. The van der Waals surface area contributed by atoms with Crippen molar-refractivity contribution < 1.29 is 13.6 Å². The Bertz CT molecular complexity index is 1540. The Labute approximate surface area is 250 Å². The van der Waals surface area contributed by atoms with Gasteiger partial charge in [-0.05, 0) is 73.7 Å². The summed E-state index contributed by atoms with van der Waals surface area (Å²) >= 11 is 6.33. The molecule has 5 rings (SSSR count). The fourth-order valence-electron chi connectivity index (χ4n) is 5.72. The monoisotopic (exact) mass is 594 g/mol. The summed E-state index contributed by atoms with van der Waals surface area (Å²) in [4.78, 5) is 21.3. The van der Waals surface area contributed by atoms with Crippen molar-refractivity contribution in [2.45, 2.75) is 46.7 Å². The average Bonchev–Trinajstić information content (AvgIpc) is 3.63. The summed E-state index contributed by atoms with van der Waals surface area (Å²) in [6.45, 7) is 10.5. The maximum Gasteiger partial charge on any atom is 0.275 e. The molecule has 0 bridgehead atoms.